The maximum absolute atomic E-state index is 13.1. The molecule has 2 aliphatic heterocycles. The van der Waals surface area contributed by atoms with Gasteiger partial charge in [-0.2, -0.15) is 4.98 Å². The molecule has 0 saturated carbocycles. The minimum absolute atomic E-state index is 0.000855. The lowest BCUT2D eigenvalue weighted by Gasteiger charge is -2.39. The summed E-state index contributed by atoms with van der Waals surface area (Å²) in [5.74, 6) is 2.08. The zero-order valence-corrected chi connectivity index (χ0v) is 20.2. The van der Waals surface area contributed by atoms with Crippen LogP contribution >= 0.6 is 11.6 Å². The molecule has 0 aliphatic carbocycles. The van der Waals surface area contributed by atoms with Crippen molar-refractivity contribution < 1.29 is 14.1 Å². The van der Waals surface area contributed by atoms with E-state index in [1.807, 2.05) is 48.5 Å². The van der Waals surface area contributed by atoms with Crippen LogP contribution in [0.5, 0.6) is 5.75 Å². The Labute approximate surface area is 204 Å². The molecule has 0 radical (unpaired) electrons. The van der Waals surface area contributed by atoms with Crippen molar-refractivity contribution in [2.45, 2.75) is 51.3 Å². The summed E-state index contributed by atoms with van der Waals surface area (Å²) in [5, 5.41) is 8.02. The average Bonchev–Trinajstić information content (AvgIpc) is 3.27. The van der Waals surface area contributed by atoms with Crippen LogP contribution in [-0.4, -0.2) is 39.6 Å². The maximum atomic E-state index is 13.1. The molecule has 8 heteroatoms. The van der Waals surface area contributed by atoms with Crippen molar-refractivity contribution in [3.05, 3.63) is 65.0 Å². The molecule has 3 heterocycles. The Hall–Kier alpha value is -2.90. The van der Waals surface area contributed by atoms with E-state index in [0.29, 0.717) is 23.3 Å². The predicted octanol–water partition coefficient (Wildman–Crippen LogP) is 5.02. The van der Waals surface area contributed by atoms with Crippen LogP contribution in [-0.2, 0) is 11.3 Å². The number of amides is 1. The van der Waals surface area contributed by atoms with Gasteiger partial charge in [0.1, 0.15) is 11.4 Å². The molecule has 5 rings (SSSR count). The van der Waals surface area contributed by atoms with E-state index in [1.54, 1.807) is 0 Å². The Morgan fingerprint density at radius 3 is 2.76 bits per heavy atom. The second-order valence-electron chi connectivity index (χ2n) is 9.74. The van der Waals surface area contributed by atoms with Crippen molar-refractivity contribution in [1.29, 1.82) is 0 Å². The van der Waals surface area contributed by atoms with E-state index in [2.05, 4.69) is 34.2 Å². The summed E-state index contributed by atoms with van der Waals surface area (Å²) >= 11 is 6.06. The Kier molecular flexibility index (Phi) is 6.32. The number of nitrogens with one attached hydrogen (secondary N) is 1. The normalized spacial score (nSPS) is 20.4. The molecule has 178 valence electrons. The number of para-hydroxylation sites is 1. The number of piperidine rings is 1. The average molecular weight is 481 g/mol. The van der Waals surface area contributed by atoms with Gasteiger partial charge in [-0.25, -0.2) is 0 Å². The minimum Gasteiger partial charge on any atom is -0.487 e. The number of halogens is 1. The van der Waals surface area contributed by atoms with Gasteiger partial charge in [0.25, 0.3) is 0 Å². The zero-order valence-electron chi connectivity index (χ0n) is 19.5. The van der Waals surface area contributed by atoms with E-state index in [-0.39, 0.29) is 23.5 Å². The molecule has 2 aromatic carbocycles. The molecule has 1 N–H and O–H groups in total. The number of nitrogens with zero attached hydrogens (tertiary/aromatic N) is 3. The van der Waals surface area contributed by atoms with Crippen LogP contribution in [0.25, 0.3) is 11.4 Å². The third-order valence-corrected chi connectivity index (χ3v) is 6.80. The third-order valence-electron chi connectivity index (χ3n) is 6.56. The molecule has 1 fully saturated rings. The van der Waals surface area contributed by atoms with Gasteiger partial charge in [-0.05, 0) is 58.0 Å². The van der Waals surface area contributed by atoms with Gasteiger partial charge in [0.05, 0.1) is 12.6 Å². The van der Waals surface area contributed by atoms with Crippen molar-refractivity contribution in [2.75, 3.05) is 13.1 Å². The fourth-order valence-electron chi connectivity index (χ4n) is 4.83. The summed E-state index contributed by atoms with van der Waals surface area (Å²) in [6.07, 6.45) is 2.35. The zero-order chi connectivity index (χ0) is 23.7. The number of hydrogen-bond acceptors (Lipinski definition) is 6. The van der Waals surface area contributed by atoms with Gasteiger partial charge < -0.3 is 14.6 Å². The van der Waals surface area contributed by atoms with Gasteiger partial charge in [-0.1, -0.05) is 47.1 Å². The van der Waals surface area contributed by atoms with Crippen molar-refractivity contribution in [3.8, 4) is 17.1 Å². The predicted molar refractivity (Wildman–Crippen MR) is 129 cm³/mol. The van der Waals surface area contributed by atoms with Gasteiger partial charge in [0.15, 0.2) is 0 Å². The number of fused-ring (bicyclic) bond motifs is 1. The lowest BCUT2D eigenvalue weighted by Crippen LogP contribution is -2.45. The van der Waals surface area contributed by atoms with E-state index in [4.69, 9.17) is 20.9 Å². The molecule has 1 saturated heterocycles. The first kappa shape index (κ1) is 22.9. The van der Waals surface area contributed by atoms with E-state index < -0.39 is 0 Å². The largest absolute Gasteiger partial charge is 0.487 e. The smallest absolute Gasteiger partial charge is 0.241 e. The second-order valence-corrected chi connectivity index (χ2v) is 10.2. The summed E-state index contributed by atoms with van der Waals surface area (Å²) in [5.41, 5.74) is 1.57. The van der Waals surface area contributed by atoms with Gasteiger partial charge >= 0.3 is 0 Å². The summed E-state index contributed by atoms with van der Waals surface area (Å²) in [6, 6.07) is 15.3. The van der Waals surface area contributed by atoms with E-state index in [1.165, 1.54) is 0 Å². The van der Waals surface area contributed by atoms with E-state index >= 15 is 0 Å². The molecular weight excluding hydrogens is 452 g/mol. The maximum Gasteiger partial charge on any atom is 0.241 e. The Bertz CT molecular complexity index is 1170. The molecule has 1 aromatic heterocycles. The van der Waals surface area contributed by atoms with Gasteiger partial charge in [0.2, 0.25) is 17.6 Å². The first-order valence-electron chi connectivity index (χ1n) is 11.8. The van der Waals surface area contributed by atoms with Crippen LogP contribution in [0.4, 0.5) is 0 Å². The highest BCUT2D eigenvalue weighted by molar-refractivity contribution is 6.30. The summed E-state index contributed by atoms with van der Waals surface area (Å²) < 4.78 is 11.6. The Morgan fingerprint density at radius 2 is 1.97 bits per heavy atom. The number of benzene rings is 2. The molecule has 1 unspecified atom stereocenters. The number of rotatable bonds is 5. The number of aromatic nitrogens is 2. The molecule has 7 nitrogen and oxygen atoms in total. The fraction of sp³-hybridized carbons (Fsp3) is 0.423. The van der Waals surface area contributed by atoms with Crippen LogP contribution in [0.2, 0.25) is 5.02 Å². The highest BCUT2D eigenvalue weighted by Gasteiger charge is 2.36. The van der Waals surface area contributed by atoms with Crippen molar-refractivity contribution in [3.63, 3.8) is 0 Å². The first-order chi connectivity index (χ1) is 16.4. The lowest BCUT2D eigenvalue weighted by atomic mass is 9.88. The Balaban J connectivity index is 1.16. The summed E-state index contributed by atoms with van der Waals surface area (Å²) in [4.78, 5) is 19.9. The number of hydrogen-bond donors (Lipinski definition) is 1. The highest BCUT2D eigenvalue weighted by Crippen LogP contribution is 2.39. The van der Waals surface area contributed by atoms with Crippen molar-refractivity contribution in [1.82, 2.24) is 20.4 Å². The number of carbonyl (C=O) groups is 1. The number of carbonyl (C=O) groups excluding carboxylic acids is 1. The summed E-state index contributed by atoms with van der Waals surface area (Å²) in [6.45, 7) is 6.32. The molecule has 2 aliphatic rings. The molecule has 1 atom stereocenters. The molecule has 3 aromatic rings. The van der Waals surface area contributed by atoms with Gasteiger partial charge in [-0.15, -0.1) is 0 Å². The molecule has 34 heavy (non-hydrogen) atoms. The lowest BCUT2D eigenvalue weighted by molar-refractivity contribution is -0.127. The van der Waals surface area contributed by atoms with Crippen LogP contribution in [0.3, 0.4) is 0 Å². The highest BCUT2D eigenvalue weighted by atomic mass is 35.5. The van der Waals surface area contributed by atoms with E-state index in [9.17, 15) is 4.79 Å². The monoisotopic (exact) mass is 480 g/mol. The third kappa shape index (κ3) is 5.10. The standard InChI is InChI=1S/C26H29ClN4O3/c1-26(2)15-21(20-8-3-4-9-22(20)33-26)28-25(32)17-10-12-31(13-11-17)16-23-29-24(30-34-23)18-6-5-7-19(27)14-18/h3-9,14,17,21H,10-13,15-16H2,1-2H3,(H,28,32). The topological polar surface area (TPSA) is 80.5 Å². The van der Waals surface area contributed by atoms with Crippen molar-refractivity contribution in [2.24, 2.45) is 5.92 Å². The van der Waals surface area contributed by atoms with E-state index in [0.717, 1.165) is 49.2 Å². The number of ether oxygens (including phenoxy) is 1. The van der Waals surface area contributed by atoms with Crippen LogP contribution in [0.1, 0.15) is 50.6 Å². The molecule has 1 amide bonds. The number of likely N-dealkylation sites (tertiary alicyclic amines) is 1. The Morgan fingerprint density at radius 1 is 1.18 bits per heavy atom. The summed E-state index contributed by atoms with van der Waals surface area (Å²) in [7, 11) is 0. The van der Waals surface area contributed by atoms with Crippen LogP contribution in [0, 0.1) is 5.92 Å². The molecule has 0 spiro atoms. The van der Waals surface area contributed by atoms with Crippen LogP contribution in [0.15, 0.2) is 53.1 Å². The molecular formula is C26H29ClN4O3. The van der Waals surface area contributed by atoms with Gasteiger partial charge in [-0.3, -0.25) is 9.69 Å². The SMILES string of the molecule is CC1(C)CC(NC(=O)C2CCN(Cc3nc(-c4cccc(Cl)c4)no3)CC2)c2ccccc2O1. The first-order valence-corrected chi connectivity index (χ1v) is 12.1. The molecule has 0 bridgehead atoms. The fourth-order valence-corrected chi connectivity index (χ4v) is 5.02. The van der Waals surface area contributed by atoms with Crippen LogP contribution < -0.4 is 10.1 Å². The minimum atomic E-state index is -0.316. The van der Waals surface area contributed by atoms with Crippen molar-refractivity contribution >= 4 is 17.5 Å². The van der Waals surface area contributed by atoms with Gasteiger partial charge in [0, 0.05) is 28.5 Å². The second kappa shape index (κ2) is 9.39. The quantitative estimate of drug-likeness (QED) is 0.552.